The number of aromatic nitrogens is 1. The van der Waals surface area contributed by atoms with Gasteiger partial charge in [-0.15, -0.1) is 0 Å². The first-order chi connectivity index (χ1) is 8.70. The Morgan fingerprint density at radius 1 is 1.61 bits per heavy atom. The van der Waals surface area contributed by atoms with Gasteiger partial charge in [-0.3, -0.25) is 0 Å². The molecule has 5 heteroatoms. The number of rotatable bonds is 5. The lowest BCUT2D eigenvalue weighted by Crippen LogP contribution is -2.17. The van der Waals surface area contributed by atoms with E-state index in [0.717, 1.165) is 12.8 Å². The highest BCUT2D eigenvalue weighted by Gasteiger charge is 2.19. The maximum Gasteiger partial charge on any atom is 0.337 e. The van der Waals surface area contributed by atoms with Gasteiger partial charge in [0.15, 0.2) is 0 Å². The molecule has 1 aromatic heterocycles. The lowest BCUT2D eigenvalue weighted by Gasteiger charge is -2.12. The van der Waals surface area contributed by atoms with E-state index < -0.39 is 5.97 Å². The normalized spacial score (nSPS) is 18.8. The van der Waals surface area contributed by atoms with Crippen LogP contribution < -0.4 is 4.74 Å². The zero-order chi connectivity index (χ0) is 13.0. The predicted octanol–water partition coefficient (Wildman–Crippen LogP) is 1.90. The van der Waals surface area contributed by atoms with Crippen molar-refractivity contribution in [2.45, 2.75) is 32.3 Å². The molecular weight excluding hydrogens is 234 g/mol. The fraction of sp³-hybridized carbons (Fsp3) is 0.538. The first kappa shape index (κ1) is 12.8. The molecule has 0 amide bonds. The minimum absolute atomic E-state index is 0.0302. The number of nitrogens with zero attached hydrogens (tertiary/aromatic N) is 1. The van der Waals surface area contributed by atoms with E-state index >= 15 is 0 Å². The molecule has 1 aromatic rings. The van der Waals surface area contributed by atoms with Crippen LogP contribution in [0.2, 0.25) is 0 Å². The summed E-state index contributed by atoms with van der Waals surface area (Å²) in [4.78, 5) is 15.3. The van der Waals surface area contributed by atoms with Crippen molar-refractivity contribution in [2.24, 2.45) is 0 Å². The molecule has 1 N–H and O–H groups in total. The van der Waals surface area contributed by atoms with Crippen LogP contribution in [-0.2, 0) is 11.2 Å². The topological polar surface area (TPSA) is 68.7 Å². The Morgan fingerprint density at radius 3 is 3.06 bits per heavy atom. The van der Waals surface area contributed by atoms with Crippen molar-refractivity contribution in [3.8, 4) is 5.88 Å². The summed E-state index contributed by atoms with van der Waals surface area (Å²) in [5, 5.41) is 9.07. The summed E-state index contributed by atoms with van der Waals surface area (Å²) in [6.07, 6.45) is 2.37. The minimum Gasteiger partial charge on any atom is -0.478 e. The zero-order valence-corrected chi connectivity index (χ0v) is 10.4. The summed E-state index contributed by atoms with van der Waals surface area (Å²) < 4.78 is 10.9. The van der Waals surface area contributed by atoms with Crippen molar-refractivity contribution in [2.75, 3.05) is 13.2 Å². The highest BCUT2D eigenvalue weighted by Crippen LogP contribution is 2.18. The molecule has 2 rings (SSSR count). The quantitative estimate of drug-likeness (QED) is 0.865. The van der Waals surface area contributed by atoms with Crippen molar-refractivity contribution in [3.63, 3.8) is 0 Å². The number of hydrogen-bond donors (Lipinski definition) is 1. The molecule has 0 radical (unpaired) electrons. The van der Waals surface area contributed by atoms with Gasteiger partial charge >= 0.3 is 5.97 Å². The molecule has 0 aliphatic carbocycles. The van der Waals surface area contributed by atoms with Gasteiger partial charge in [-0.2, -0.15) is 0 Å². The van der Waals surface area contributed by atoms with Gasteiger partial charge in [0.25, 0.3) is 0 Å². The van der Waals surface area contributed by atoms with E-state index in [1.54, 1.807) is 12.1 Å². The van der Waals surface area contributed by atoms with Crippen LogP contribution in [0.1, 0.15) is 35.8 Å². The van der Waals surface area contributed by atoms with Crippen LogP contribution in [0.15, 0.2) is 12.1 Å². The number of hydrogen-bond acceptors (Lipinski definition) is 4. The number of aromatic carboxylic acids is 1. The van der Waals surface area contributed by atoms with Gasteiger partial charge in [-0.05, 0) is 12.5 Å². The molecule has 1 aliphatic heterocycles. The van der Waals surface area contributed by atoms with Crippen LogP contribution in [0.4, 0.5) is 0 Å². The number of carbonyl (C=O) groups is 1. The van der Waals surface area contributed by atoms with E-state index in [-0.39, 0.29) is 11.7 Å². The zero-order valence-electron chi connectivity index (χ0n) is 10.4. The SMILES string of the molecule is CCCc1nc(OC2CCOC2)ccc1C(=O)O. The summed E-state index contributed by atoms with van der Waals surface area (Å²) in [5.74, 6) is -0.458. The third kappa shape index (κ3) is 2.98. The molecule has 98 valence electrons. The molecular formula is C13H17NO4. The van der Waals surface area contributed by atoms with Gasteiger partial charge in [0.2, 0.25) is 5.88 Å². The first-order valence-electron chi connectivity index (χ1n) is 6.18. The molecule has 1 fully saturated rings. The third-order valence-corrected chi connectivity index (χ3v) is 2.84. The number of ether oxygens (including phenoxy) is 2. The summed E-state index contributed by atoms with van der Waals surface area (Å²) in [5.41, 5.74) is 0.841. The van der Waals surface area contributed by atoms with Crippen LogP contribution in [0.3, 0.4) is 0 Å². The molecule has 1 saturated heterocycles. The summed E-state index contributed by atoms with van der Waals surface area (Å²) in [6, 6.07) is 3.17. The van der Waals surface area contributed by atoms with Crippen LogP contribution in [-0.4, -0.2) is 35.4 Å². The second-order valence-corrected chi connectivity index (χ2v) is 4.30. The van der Waals surface area contributed by atoms with Crippen molar-refractivity contribution >= 4 is 5.97 Å². The van der Waals surface area contributed by atoms with Gasteiger partial charge < -0.3 is 14.6 Å². The predicted molar refractivity (Wildman–Crippen MR) is 65.0 cm³/mol. The molecule has 0 aromatic carbocycles. The number of carboxylic acids is 1. The standard InChI is InChI=1S/C13H17NO4/c1-2-3-11-10(13(15)16)4-5-12(14-11)18-9-6-7-17-8-9/h4-5,9H,2-3,6-8H2,1H3,(H,15,16). The fourth-order valence-corrected chi connectivity index (χ4v) is 1.95. The molecule has 1 atom stereocenters. The van der Waals surface area contributed by atoms with Crippen LogP contribution >= 0.6 is 0 Å². The third-order valence-electron chi connectivity index (χ3n) is 2.84. The first-order valence-corrected chi connectivity index (χ1v) is 6.18. The fourth-order valence-electron chi connectivity index (χ4n) is 1.95. The van der Waals surface area contributed by atoms with Gasteiger partial charge in [0, 0.05) is 12.5 Å². The smallest absolute Gasteiger partial charge is 0.337 e. The molecule has 1 unspecified atom stereocenters. The molecule has 5 nitrogen and oxygen atoms in total. The van der Waals surface area contributed by atoms with E-state index in [2.05, 4.69) is 4.98 Å². The highest BCUT2D eigenvalue weighted by molar-refractivity contribution is 5.88. The van der Waals surface area contributed by atoms with E-state index in [1.165, 1.54) is 0 Å². The Labute approximate surface area is 106 Å². The molecule has 0 saturated carbocycles. The largest absolute Gasteiger partial charge is 0.478 e. The minimum atomic E-state index is -0.943. The van der Waals surface area contributed by atoms with E-state index in [9.17, 15) is 4.79 Å². The van der Waals surface area contributed by atoms with Crippen LogP contribution in [0, 0.1) is 0 Å². The molecule has 1 aliphatic rings. The van der Waals surface area contributed by atoms with Gasteiger partial charge in [0.05, 0.1) is 24.5 Å². The van der Waals surface area contributed by atoms with E-state index in [0.29, 0.717) is 31.2 Å². The lowest BCUT2D eigenvalue weighted by atomic mass is 10.1. The van der Waals surface area contributed by atoms with E-state index in [1.807, 2.05) is 6.92 Å². The van der Waals surface area contributed by atoms with Gasteiger partial charge in [-0.25, -0.2) is 9.78 Å². The Bertz CT molecular complexity index is 427. The Balaban J connectivity index is 2.16. The van der Waals surface area contributed by atoms with Crippen LogP contribution in [0.25, 0.3) is 0 Å². The van der Waals surface area contributed by atoms with Crippen molar-refractivity contribution < 1.29 is 19.4 Å². The van der Waals surface area contributed by atoms with Crippen molar-refractivity contribution in [3.05, 3.63) is 23.4 Å². The average Bonchev–Trinajstić information content (AvgIpc) is 2.82. The molecule has 0 bridgehead atoms. The summed E-state index contributed by atoms with van der Waals surface area (Å²) in [6.45, 7) is 3.27. The number of pyridine rings is 1. The second kappa shape index (κ2) is 5.82. The molecule has 0 spiro atoms. The maximum absolute atomic E-state index is 11.1. The van der Waals surface area contributed by atoms with Crippen molar-refractivity contribution in [1.82, 2.24) is 4.98 Å². The Kier molecular flexibility index (Phi) is 4.15. The maximum atomic E-state index is 11.1. The second-order valence-electron chi connectivity index (χ2n) is 4.30. The number of carboxylic acid groups (broad SMARTS) is 1. The highest BCUT2D eigenvalue weighted by atomic mass is 16.5. The van der Waals surface area contributed by atoms with Crippen LogP contribution in [0.5, 0.6) is 5.88 Å². The summed E-state index contributed by atoms with van der Waals surface area (Å²) in [7, 11) is 0. The molecule has 2 heterocycles. The Hall–Kier alpha value is -1.62. The monoisotopic (exact) mass is 251 g/mol. The van der Waals surface area contributed by atoms with Crippen molar-refractivity contribution in [1.29, 1.82) is 0 Å². The van der Waals surface area contributed by atoms with Gasteiger partial charge in [0.1, 0.15) is 6.10 Å². The Morgan fingerprint density at radius 2 is 2.44 bits per heavy atom. The van der Waals surface area contributed by atoms with E-state index in [4.69, 9.17) is 14.6 Å². The lowest BCUT2D eigenvalue weighted by molar-refractivity contribution is 0.0694. The average molecular weight is 251 g/mol. The molecule has 18 heavy (non-hydrogen) atoms. The summed E-state index contributed by atoms with van der Waals surface area (Å²) >= 11 is 0. The van der Waals surface area contributed by atoms with Gasteiger partial charge in [-0.1, -0.05) is 13.3 Å². The number of aryl methyl sites for hydroxylation is 1.